The van der Waals surface area contributed by atoms with E-state index in [2.05, 4.69) is 22.3 Å². The van der Waals surface area contributed by atoms with Crippen molar-refractivity contribution in [1.29, 1.82) is 0 Å². The van der Waals surface area contributed by atoms with Crippen LogP contribution in [0.2, 0.25) is 0 Å². The molecule has 2 aromatic rings. The molecule has 1 heterocycles. The lowest BCUT2D eigenvalue weighted by molar-refractivity contribution is -0.145. The molecular formula is C23H28N2O3. The number of esters is 1. The van der Waals surface area contributed by atoms with E-state index in [0.29, 0.717) is 19.0 Å². The molecule has 1 amide bonds. The molecule has 0 bridgehead atoms. The van der Waals surface area contributed by atoms with Gasteiger partial charge >= 0.3 is 5.97 Å². The van der Waals surface area contributed by atoms with Crippen molar-refractivity contribution in [3.63, 3.8) is 0 Å². The highest BCUT2D eigenvalue weighted by Crippen LogP contribution is 2.20. The fourth-order valence-corrected chi connectivity index (χ4v) is 3.83. The van der Waals surface area contributed by atoms with Crippen molar-refractivity contribution in [2.75, 3.05) is 20.2 Å². The first-order chi connectivity index (χ1) is 13.7. The molecule has 28 heavy (non-hydrogen) atoms. The van der Waals surface area contributed by atoms with Crippen LogP contribution in [0.1, 0.15) is 24.0 Å². The van der Waals surface area contributed by atoms with Crippen molar-refractivity contribution in [3.8, 4) is 0 Å². The van der Waals surface area contributed by atoms with E-state index >= 15 is 0 Å². The summed E-state index contributed by atoms with van der Waals surface area (Å²) in [6.07, 6.45) is 3.55. The van der Waals surface area contributed by atoms with Gasteiger partial charge in [-0.15, -0.1) is 0 Å². The largest absolute Gasteiger partial charge is 0.467 e. The Kier molecular flexibility index (Phi) is 7.20. The maximum absolute atomic E-state index is 12.7. The van der Waals surface area contributed by atoms with Crippen molar-refractivity contribution < 1.29 is 14.3 Å². The topological polar surface area (TPSA) is 58.6 Å². The van der Waals surface area contributed by atoms with E-state index in [-0.39, 0.29) is 5.91 Å². The number of nitrogens with one attached hydrogen (secondary N) is 1. The zero-order chi connectivity index (χ0) is 19.8. The Balaban J connectivity index is 1.57. The molecule has 1 N–H and O–H groups in total. The molecule has 2 unspecified atom stereocenters. The van der Waals surface area contributed by atoms with E-state index in [9.17, 15) is 9.59 Å². The number of amides is 1. The van der Waals surface area contributed by atoms with Gasteiger partial charge in [-0.1, -0.05) is 60.7 Å². The molecule has 0 aromatic heterocycles. The maximum atomic E-state index is 12.7. The van der Waals surface area contributed by atoms with Crippen LogP contribution in [-0.2, 0) is 27.2 Å². The zero-order valence-corrected chi connectivity index (χ0v) is 16.3. The molecule has 1 saturated heterocycles. The van der Waals surface area contributed by atoms with Crippen LogP contribution in [0.4, 0.5) is 0 Å². The normalized spacial score (nSPS) is 17.8. The number of ether oxygens (including phenoxy) is 1. The molecule has 5 heteroatoms. The summed E-state index contributed by atoms with van der Waals surface area (Å²) in [6, 6.07) is 19.7. The van der Waals surface area contributed by atoms with E-state index < -0.39 is 12.0 Å². The second-order valence-corrected chi connectivity index (χ2v) is 7.29. The van der Waals surface area contributed by atoms with Gasteiger partial charge in [0.1, 0.15) is 6.04 Å². The first-order valence-corrected chi connectivity index (χ1v) is 9.85. The number of nitrogens with zero attached hydrogens (tertiary/aromatic N) is 1. The second-order valence-electron chi connectivity index (χ2n) is 7.29. The van der Waals surface area contributed by atoms with E-state index in [1.54, 1.807) is 0 Å². The van der Waals surface area contributed by atoms with Gasteiger partial charge in [-0.3, -0.25) is 9.69 Å². The molecule has 2 aromatic carbocycles. The number of rotatable bonds is 8. The van der Waals surface area contributed by atoms with Crippen LogP contribution in [0, 0.1) is 0 Å². The third-order valence-electron chi connectivity index (χ3n) is 5.26. The molecule has 1 aliphatic heterocycles. The van der Waals surface area contributed by atoms with Gasteiger partial charge in [0.15, 0.2) is 0 Å². The minimum Gasteiger partial charge on any atom is -0.467 e. The molecule has 5 nitrogen and oxygen atoms in total. The molecule has 148 valence electrons. The van der Waals surface area contributed by atoms with Crippen LogP contribution in [0.25, 0.3) is 0 Å². The highest BCUT2D eigenvalue weighted by Gasteiger charge is 2.28. The Hall–Kier alpha value is -2.66. The summed E-state index contributed by atoms with van der Waals surface area (Å²) in [5, 5.41) is 2.87. The van der Waals surface area contributed by atoms with Gasteiger partial charge in [-0.2, -0.15) is 0 Å². The molecule has 2 atom stereocenters. The average Bonchev–Trinajstić information content (AvgIpc) is 3.14. The summed E-state index contributed by atoms with van der Waals surface area (Å²) in [4.78, 5) is 27.0. The van der Waals surface area contributed by atoms with Crippen molar-refractivity contribution in [1.82, 2.24) is 10.2 Å². The zero-order valence-electron chi connectivity index (χ0n) is 16.3. The Morgan fingerprint density at radius 3 is 2.36 bits per heavy atom. The fourth-order valence-electron chi connectivity index (χ4n) is 3.83. The first-order valence-electron chi connectivity index (χ1n) is 9.85. The lowest BCUT2D eigenvalue weighted by Crippen LogP contribution is -2.48. The van der Waals surface area contributed by atoms with E-state index in [4.69, 9.17) is 4.74 Å². The molecule has 1 fully saturated rings. The highest BCUT2D eigenvalue weighted by molar-refractivity contribution is 5.85. The molecule has 3 rings (SSSR count). The van der Waals surface area contributed by atoms with Crippen molar-refractivity contribution in [3.05, 3.63) is 71.8 Å². The SMILES string of the molecule is COC(=O)C(Cc1ccccc1)NC(=O)CN1CCCC1Cc1ccccc1. The summed E-state index contributed by atoms with van der Waals surface area (Å²) in [6.45, 7) is 1.21. The van der Waals surface area contributed by atoms with Crippen molar-refractivity contribution in [2.45, 2.75) is 37.8 Å². The Morgan fingerprint density at radius 1 is 1.07 bits per heavy atom. The minimum absolute atomic E-state index is 0.133. The Labute approximate surface area is 166 Å². The summed E-state index contributed by atoms with van der Waals surface area (Å²) in [7, 11) is 1.35. The Morgan fingerprint density at radius 2 is 1.71 bits per heavy atom. The third kappa shape index (κ3) is 5.67. The predicted octanol–water partition coefficient (Wildman–Crippen LogP) is 2.59. The highest BCUT2D eigenvalue weighted by atomic mass is 16.5. The number of likely N-dealkylation sites (tertiary alicyclic amines) is 1. The number of hydrogen-bond acceptors (Lipinski definition) is 4. The number of carbonyl (C=O) groups excluding carboxylic acids is 2. The van der Waals surface area contributed by atoms with Gasteiger partial charge in [-0.05, 0) is 36.9 Å². The molecule has 1 aliphatic rings. The standard InChI is InChI=1S/C23H28N2O3/c1-28-23(27)21(16-19-11-6-3-7-12-19)24-22(26)17-25-14-8-13-20(25)15-18-9-4-2-5-10-18/h2-7,9-12,20-21H,8,13-17H2,1H3,(H,24,26). The van der Waals surface area contributed by atoms with Gasteiger partial charge in [0.05, 0.1) is 13.7 Å². The van der Waals surface area contributed by atoms with E-state index in [0.717, 1.165) is 31.4 Å². The van der Waals surface area contributed by atoms with Gasteiger partial charge < -0.3 is 10.1 Å². The van der Waals surface area contributed by atoms with Crippen LogP contribution in [0.3, 0.4) is 0 Å². The van der Waals surface area contributed by atoms with Gasteiger partial charge in [0.25, 0.3) is 0 Å². The van der Waals surface area contributed by atoms with Crippen LogP contribution in [0.5, 0.6) is 0 Å². The smallest absolute Gasteiger partial charge is 0.328 e. The Bertz CT molecular complexity index is 764. The van der Waals surface area contributed by atoms with Gasteiger partial charge in [0.2, 0.25) is 5.91 Å². The van der Waals surface area contributed by atoms with Crippen molar-refractivity contribution in [2.24, 2.45) is 0 Å². The third-order valence-corrected chi connectivity index (χ3v) is 5.26. The van der Waals surface area contributed by atoms with Crippen LogP contribution in [0.15, 0.2) is 60.7 Å². The van der Waals surface area contributed by atoms with E-state index in [1.807, 2.05) is 48.5 Å². The van der Waals surface area contributed by atoms with E-state index in [1.165, 1.54) is 12.7 Å². The molecular weight excluding hydrogens is 352 g/mol. The van der Waals surface area contributed by atoms with Crippen LogP contribution in [-0.4, -0.2) is 49.1 Å². The molecule has 0 saturated carbocycles. The fraction of sp³-hybridized carbons (Fsp3) is 0.391. The molecule has 0 radical (unpaired) electrons. The maximum Gasteiger partial charge on any atom is 0.328 e. The number of benzene rings is 2. The summed E-state index contributed by atoms with van der Waals surface area (Å²) in [5.74, 6) is -0.550. The number of methoxy groups -OCH3 is 1. The summed E-state index contributed by atoms with van der Waals surface area (Å²) >= 11 is 0. The quantitative estimate of drug-likeness (QED) is 0.715. The molecule has 0 aliphatic carbocycles. The monoisotopic (exact) mass is 380 g/mol. The molecule has 0 spiro atoms. The van der Waals surface area contributed by atoms with Crippen LogP contribution < -0.4 is 5.32 Å². The lowest BCUT2D eigenvalue weighted by Gasteiger charge is -2.25. The van der Waals surface area contributed by atoms with Crippen molar-refractivity contribution >= 4 is 11.9 Å². The lowest BCUT2D eigenvalue weighted by atomic mass is 10.0. The second kappa shape index (κ2) is 10.0. The summed E-state index contributed by atoms with van der Waals surface area (Å²) < 4.78 is 4.89. The van der Waals surface area contributed by atoms with Gasteiger partial charge in [-0.25, -0.2) is 4.79 Å². The summed E-state index contributed by atoms with van der Waals surface area (Å²) in [5.41, 5.74) is 2.28. The van der Waals surface area contributed by atoms with Crippen LogP contribution >= 0.6 is 0 Å². The predicted molar refractivity (Wildman–Crippen MR) is 109 cm³/mol. The number of hydrogen-bond donors (Lipinski definition) is 1. The minimum atomic E-state index is -0.671. The van der Waals surface area contributed by atoms with Gasteiger partial charge in [0, 0.05) is 12.5 Å². The number of carbonyl (C=O) groups is 2. The average molecular weight is 380 g/mol. The first kappa shape index (κ1) is 20.1.